The molecule has 0 unspecified atom stereocenters. The predicted molar refractivity (Wildman–Crippen MR) is 93.8 cm³/mol. The first-order valence-corrected chi connectivity index (χ1v) is 7.40. The summed E-state index contributed by atoms with van der Waals surface area (Å²) in [6, 6.07) is 16.1. The molecule has 2 aromatic carbocycles. The molecule has 0 saturated carbocycles. The molecule has 0 aliphatic carbocycles. The Labute approximate surface area is 133 Å². The van der Waals surface area contributed by atoms with Crippen LogP contribution in [-0.4, -0.2) is 21.4 Å². The first-order chi connectivity index (χ1) is 11.3. The summed E-state index contributed by atoms with van der Waals surface area (Å²) in [5.41, 5.74) is 6.26. The van der Waals surface area contributed by atoms with Crippen LogP contribution in [0.3, 0.4) is 0 Å². The van der Waals surface area contributed by atoms with E-state index in [-0.39, 0.29) is 0 Å². The number of aryl methyl sites for hydroxylation is 1. The monoisotopic (exact) mass is 301 g/mol. The Morgan fingerprint density at radius 1 is 1.04 bits per heavy atom. The maximum atomic E-state index is 4.35. The second kappa shape index (κ2) is 5.53. The molecule has 4 rings (SSSR count). The molecule has 2 heterocycles. The number of aromatic nitrogens is 3. The molecule has 0 atom stereocenters. The quantitative estimate of drug-likeness (QED) is 0.446. The maximum absolute atomic E-state index is 4.35. The SMILES string of the molecule is Cc1[nH]c2ccccc2c1/C=N/Nc1nncc2ccccc12. The zero-order valence-electron chi connectivity index (χ0n) is 12.6. The van der Waals surface area contributed by atoms with Gasteiger partial charge in [0.05, 0.1) is 12.4 Å². The molecule has 2 N–H and O–H groups in total. The van der Waals surface area contributed by atoms with Crippen LogP contribution in [-0.2, 0) is 0 Å². The van der Waals surface area contributed by atoms with Crippen molar-refractivity contribution in [1.29, 1.82) is 0 Å². The van der Waals surface area contributed by atoms with Gasteiger partial charge in [0.2, 0.25) is 0 Å². The van der Waals surface area contributed by atoms with E-state index >= 15 is 0 Å². The summed E-state index contributed by atoms with van der Waals surface area (Å²) in [5, 5.41) is 15.7. The van der Waals surface area contributed by atoms with Gasteiger partial charge in [0.15, 0.2) is 5.82 Å². The summed E-state index contributed by atoms with van der Waals surface area (Å²) in [6.45, 7) is 2.04. The lowest BCUT2D eigenvalue weighted by atomic mass is 10.1. The van der Waals surface area contributed by atoms with Crippen molar-refractivity contribution in [3.63, 3.8) is 0 Å². The second-order valence-electron chi connectivity index (χ2n) is 5.36. The number of fused-ring (bicyclic) bond motifs is 2. The summed E-state index contributed by atoms with van der Waals surface area (Å²) < 4.78 is 0. The van der Waals surface area contributed by atoms with Crippen molar-refractivity contribution in [2.45, 2.75) is 6.92 Å². The number of rotatable bonds is 3. The minimum Gasteiger partial charge on any atom is -0.358 e. The molecule has 4 aromatic rings. The van der Waals surface area contributed by atoms with Gasteiger partial charge >= 0.3 is 0 Å². The van der Waals surface area contributed by atoms with Gasteiger partial charge in [-0.05, 0) is 13.0 Å². The molecule has 0 bridgehead atoms. The Bertz CT molecular complexity index is 1010. The van der Waals surface area contributed by atoms with Crippen LogP contribution in [0.15, 0.2) is 59.8 Å². The standard InChI is InChI=1S/C18H15N5/c1-12-16(15-8-4-5-9-17(15)21-12)11-20-23-18-14-7-3-2-6-13(14)10-19-22-18/h2-11,21H,1H3,(H,22,23)/b20-11+. The lowest BCUT2D eigenvalue weighted by Gasteiger charge is -2.02. The molecule has 0 amide bonds. The van der Waals surface area contributed by atoms with E-state index in [1.54, 1.807) is 6.20 Å². The van der Waals surface area contributed by atoms with Crippen molar-refractivity contribution in [1.82, 2.24) is 15.2 Å². The molecule has 5 heteroatoms. The summed E-state index contributed by atoms with van der Waals surface area (Å²) in [6.07, 6.45) is 3.56. The van der Waals surface area contributed by atoms with Gasteiger partial charge in [-0.3, -0.25) is 5.43 Å². The van der Waals surface area contributed by atoms with E-state index in [1.807, 2.05) is 49.5 Å². The van der Waals surface area contributed by atoms with Gasteiger partial charge in [0.1, 0.15) is 0 Å². The number of hydrogen-bond donors (Lipinski definition) is 2. The molecule has 0 aliphatic heterocycles. The number of para-hydroxylation sites is 1. The van der Waals surface area contributed by atoms with Crippen LogP contribution in [0.25, 0.3) is 21.7 Å². The molecule has 0 radical (unpaired) electrons. The Kier molecular flexibility index (Phi) is 3.24. The fourth-order valence-corrected chi connectivity index (χ4v) is 2.73. The first kappa shape index (κ1) is 13.5. The molecular formula is C18H15N5. The van der Waals surface area contributed by atoms with Gasteiger partial charge in [-0.15, -0.1) is 5.10 Å². The molecule has 2 aromatic heterocycles. The van der Waals surface area contributed by atoms with Gasteiger partial charge in [-0.1, -0.05) is 42.5 Å². The smallest absolute Gasteiger partial charge is 0.176 e. The molecule has 0 fully saturated rings. The van der Waals surface area contributed by atoms with Crippen molar-refractivity contribution in [3.05, 3.63) is 66.0 Å². The number of benzene rings is 2. The Balaban J connectivity index is 1.67. The average Bonchev–Trinajstić information content (AvgIpc) is 2.91. The molecule has 5 nitrogen and oxygen atoms in total. The maximum Gasteiger partial charge on any atom is 0.176 e. The van der Waals surface area contributed by atoms with E-state index in [2.05, 4.69) is 37.8 Å². The number of anilines is 1. The lowest BCUT2D eigenvalue weighted by molar-refractivity contribution is 1.04. The highest BCUT2D eigenvalue weighted by molar-refractivity contribution is 6.01. The van der Waals surface area contributed by atoms with Crippen molar-refractivity contribution >= 4 is 33.7 Å². The van der Waals surface area contributed by atoms with Crippen LogP contribution in [0, 0.1) is 6.92 Å². The van der Waals surface area contributed by atoms with E-state index in [1.165, 1.54) is 0 Å². The Morgan fingerprint density at radius 2 is 1.83 bits per heavy atom. The van der Waals surface area contributed by atoms with Crippen molar-refractivity contribution in [3.8, 4) is 0 Å². The fourth-order valence-electron chi connectivity index (χ4n) is 2.73. The third-order valence-electron chi connectivity index (χ3n) is 3.88. The number of nitrogens with zero attached hydrogens (tertiary/aromatic N) is 3. The topological polar surface area (TPSA) is 66.0 Å². The molecule has 23 heavy (non-hydrogen) atoms. The number of hydrazone groups is 1. The summed E-state index contributed by atoms with van der Waals surface area (Å²) in [4.78, 5) is 3.36. The van der Waals surface area contributed by atoms with Crippen LogP contribution in [0.2, 0.25) is 0 Å². The van der Waals surface area contributed by atoms with Crippen molar-refractivity contribution < 1.29 is 0 Å². The number of H-pyrrole nitrogens is 1. The normalized spacial score (nSPS) is 11.5. The molecule has 0 saturated heterocycles. The van der Waals surface area contributed by atoms with Gasteiger partial charge < -0.3 is 4.98 Å². The molecule has 0 spiro atoms. The average molecular weight is 301 g/mol. The molecule has 0 aliphatic rings. The highest BCUT2D eigenvalue weighted by Crippen LogP contribution is 2.21. The fraction of sp³-hybridized carbons (Fsp3) is 0.0556. The second-order valence-corrected chi connectivity index (χ2v) is 5.36. The molecule has 112 valence electrons. The van der Waals surface area contributed by atoms with E-state index in [0.29, 0.717) is 5.82 Å². The van der Waals surface area contributed by atoms with Crippen LogP contribution in [0.1, 0.15) is 11.3 Å². The van der Waals surface area contributed by atoms with Gasteiger partial charge in [0.25, 0.3) is 0 Å². The summed E-state index contributed by atoms with van der Waals surface area (Å²) in [7, 11) is 0. The van der Waals surface area contributed by atoms with Crippen molar-refractivity contribution in [2.24, 2.45) is 5.10 Å². The zero-order valence-corrected chi connectivity index (χ0v) is 12.6. The predicted octanol–water partition coefficient (Wildman–Crippen LogP) is 3.87. The Morgan fingerprint density at radius 3 is 2.74 bits per heavy atom. The van der Waals surface area contributed by atoms with Crippen LogP contribution in [0.4, 0.5) is 5.82 Å². The zero-order chi connectivity index (χ0) is 15.6. The number of nitrogens with one attached hydrogen (secondary N) is 2. The highest BCUT2D eigenvalue weighted by atomic mass is 15.3. The van der Waals surface area contributed by atoms with E-state index in [4.69, 9.17) is 0 Å². The first-order valence-electron chi connectivity index (χ1n) is 7.40. The van der Waals surface area contributed by atoms with Gasteiger partial charge in [-0.2, -0.15) is 10.2 Å². The van der Waals surface area contributed by atoms with Gasteiger partial charge in [-0.25, -0.2) is 0 Å². The summed E-state index contributed by atoms with van der Waals surface area (Å²) >= 11 is 0. The third-order valence-corrected chi connectivity index (χ3v) is 3.88. The third kappa shape index (κ3) is 2.42. The number of hydrogen-bond acceptors (Lipinski definition) is 4. The molecular weight excluding hydrogens is 286 g/mol. The largest absolute Gasteiger partial charge is 0.358 e. The van der Waals surface area contributed by atoms with Crippen LogP contribution >= 0.6 is 0 Å². The summed E-state index contributed by atoms with van der Waals surface area (Å²) in [5.74, 6) is 0.650. The van der Waals surface area contributed by atoms with E-state index < -0.39 is 0 Å². The lowest BCUT2D eigenvalue weighted by Crippen LogP contribution is -1.96. The van der Waals surface area contributed by atoms with Crippen LogP contribution < -0.4 is 5.43 Å². The minimum atomic E-state index is 0.650. The minimum absolute atomic E-state index is 0.650. The highest BCUT2D eigenvalue weighted by Gasteiger charge is 2.05. The van der Waals surface area contributed by atoms with Gasteiger partial charge in [0, 0.05) is 32.9 Å². The van der Waals surface area contributed by atoms with Crippen LogP contribution in [0.5, 0.6) is 0 Å². The Hall–Kier alpha value is -3.21. The number of aromatic amines is 1. The van der Waals surface area contributed by atoms with E-state index in [9.17, 15) is 0 Å². The van der Waals surface area contributed by atoms with E-state index in [0.717, 1.165) is 32.9 Å². The van der Waals surface area contributed by atoms with Crippen molar-refractivity contribution in [2.75, 3.05) is 5.43 Å².